The molecule has 5 nitrogen and oxygen atoms in total. The highest BCUT2D eigenvalue weighted by Crippen LogP contribution is 2.21. The van der Waals surface area contributed by atoms with E-state index in [-0.39, 0.29) is 0 Å². The molecule has 2 heterocycles. The summed E-state index contributed by atoms with van der Waals surface area (Å²) in [5, 5.41) is 11.6. The van der Waals surface area contributed by atoms with Crippen LogP contribution in [0.15, 0.2) is 30.5 Å². The lowest BCUT2D eigenvalue weighted by molar-refractivity contribution is 0.565. The maximum absolute atomic E-state index is 4.59. The van der Waals surface area contributed by atoms with E-state index in [0.717, 1.165) is 30.5 Å². The number of nitrogens with zero attached hydrogens (tertiary/aromatic N) is 4. The average Bonchev–Trinajstić information content (AvgIpc) is 2.56. The second-order valence-electron chi connectivity index (χ2n) is 6.09. The Kier molecular flexibility index (Phi) is 4.51. The Hall–Kier alpha value is -2.17. The molecule has 1 fully saturated rings. The molecule has 0 atom stereocenters. The van der Waals surface area contributed by atoms with Gasteiger partial charge in [0.25, 0.3) is 0 Å². The van der Waals surface area contributed by atoms with Gasteiger partial charge in [-0.15, -0.1) is 5.10 Å². The highest BCUT2D eigenvalue weighted by atomic mass is 15.3. The summed E-state index contributed by atoms with van der Waals surface area (Å²) in [6, 6.07) is 8.45. The third-order valence-electron chi connectivity index (χ3n) is 4.04. The smallest absolute Gasteiger partial charge is 0.247 e. The van der Waals surface area contributed by atoms with E-state index >= 15 is 0 Å². The largest absolute Gasteiger partial charge is 0.339 e. The first-order valence-electron chi connectivity index (χ1n) is 8.04. The highest BCUT2D eigenvalue weighted by Gasteiger charge is 2.14. The Balaban J connectivity index is 1.72. The van der Waals surface area contributed by atoms with Gasteiger partial charge >= 0.3 is 0 Å². The third-order valence-corrected chi connectivity index (χ3v) is 4.04. The van der Waals surface area contributed by atoms with Crippen LogP contribution in [0.5, 0.6) is 0 Å². The second-order valence-corrected chi connectivity index (χ2v) is 6.09. The molecule has 1 aromatic heterocycles. The van der Waals surface area contributed by atoms with E-state index in [1.807, 2.05) is 0 Å². The van der Waals surface area contributed by atoms with Crippen LogP contribution in [-0.2, 0) is 0 Å². The zero-order valence-electron chi connectivity index (χ0n) is 13.3. The zero-order valence-corrected chi connectivity index (χ0v) is 13.3. The number of hydrogen-bond acceptors (Lipinski definition) is 5. The lowest BCUT2D eigenvalue weighted by atomic mass is 10.0. The topological polar surface area (TPSA) is 53.9 Å². The summed E-state index contributed by atoms with van der Waals surface area (Å²) in [5.41, 5.74) is 2.36. The molecule has 2 aromatic rings. The van der Waals surface area contributed by atoms with Gasteiger partial charge in [-0.25, -0.2) is 0 Å². The fourth-order valence-corrected chi connectivity index (χ4v) is 2.68. The zero-order chi connectivity index (χ0) is 15.4. The van der Waals surface area contributed by atoms with E-state index in [4.69, 9.17) is 0 Å². The first kappa shape index (κ1) is 14.8. The van der Waals surface area contributed by atoms with Crippen molar-refractivity contribution >= 4 is 17.5 Å². The van der Waals surface area contributed by atoms with E-state index in [0.29, 0.717) is 5.92 Å². The molecule has 0 radical (unpaired) electrons. The molecule has 22 heavy (non-hydrogen) atoms. The molecule has 3 rings (SSSR count). The molecule has 1 aliphatic heterocycles. The predicted molar refractivity (Wildman–Crippen MR) is 89.7 cm³/mol. The number of nitrogens with one attached hydrogen (secondary N) is 1. The molecule has 0 unspecified atom stereocenters. The standard InChI is InChI=1S/C17H23N5/c1-13(2)14-6-8-15(9-7-14)19-16-12-18-21-17(20-16)22-10-4-3-5-11-22/h6-9,12-13H,3-5,10-11H2,1-2H3,(H,19,20,21). The van der Waals surface area contributed by atoms with Crippen molar-refractivity contribution < 1.29 is 0 Å². The first-order valence-corrected chi connectivity index (χ1v) is 8.04. The van der Waals surface area contributed by atoms with Crippen molar-refractivity contribution in [1.82, 2.24) is 15.2 Å². The summed E-state index contributed by atoms with van der Waals surface area (Å²) in [4.78, 5) is 6.80. The monoisotopic (exact) mass is 297 g/mol. The SMILES string of the molecule is CC(C)c1ccc(Nc2cnnc(N3CCCCC3)n2)cc1. The Morgan fingerprint density at radius 3 is 2.45 bits per heavy atom. The molecule has 116 valence electrons. The predicted octanol–water partition coefficient (Wildman–Crippen LogP) is 3.73. The van der Waals surface area contributed by atoms with E-state index in [1.54, 1.807) is 6.20 Å². The van der Waals surface area contributed by atoms with Gasteiger partial charge in [-0.05, 0) is 42.9 Å². The van der Waals surface area contributed by atoms with Crippen LogP contribution >= 0.6 is 0 Å². The quantitative estimate of drug-likeness (QED) is 0.932. The minimum Gasteiger partial charge on any atom is -0.339 e. The van der Waals surface area contributed by atoms with Crippen LogP contribution in [0.25, 0.3) is 0 Å². The molecule has 1 saturated heterocycles. The minimum absolute atomic E-state index is 0.542. The van der Waals surface area contributed by atoms with E-state index < -0.39 is 0 Å². The van der Waals surface area contributed by atoms with Crippen molar-refractivity contribution in [2.24, 2.45) is 0 Å². The number of anilines is 3. The van der Waals surface area contributed by atoms with Gasteiger partial charge in [0.15, 0.2) is 5.82 Å². The van der Waals surface area contributed by atoms with Crippen LogP contribution in [0.1, 0.15) is 44.6 Å². The van der Waals surface area contributed by atoms with Gasteiger partial charge in [0, 0.05) is 18.8 Å². The molecule has 0 saturated carbocycles. The van der Waals surface area contributed by atoms with Crippen molar-refractivity contribution in [2.45, 2.75) is 39.0 Å². The van der Waals surface area contributed by atoms with Gasteiger partial charge in [-0.3, -0.25) is 0 Å². The summed E-state index contributed by atoms with van der Waals surface area (Å²) in [5.74, 6) is 2.01. The van der Waals surface area contributed by atoms with Crippen LogP contribution in [0.3, 0.4) is 0 Å². The normalized spacial score (nSPS) is 15.1. The molecule has 1 N–H and O–H groups in total. The lowest BCUT2D eigenvalue weighted by Crippen LogP contribution is -2.31. The molecule has 0 bridgehead atoms. The number of aromatic nitrogens is 3. The molecular formula is C17H23N5. The maximum Gasteiger partial charge on any atom is 0.247 e. The molecule has 0 spiro atoms. The molecule has 1 aromatic carbocycles. The van der Waals surface area contributed by atoms with Crippen LogP contribution < -0.4 is 10.2 Å². The van der Waals surface area contributed by atoms with Crippen molar-refractivity contribution in [3.8, 4) is 0 Å². The van der Waals surface area contributed by atoms with Gasteiger partial charge < -0.3 is 10.2 Å². The summed E-state index contributed by atoms with van der Waals surface area (Å²) < 4.78 is 0. The summed E-state index contributed by atoms with van der Waals surface area (Å²) >= 11 is 0. The Morgan fingerprint density at radius 1 is 1.05 bits per heavy atom. The highest BCUT2D eigenvalue weighted by molar-refractivity contribution is 5.56. The minimum atomic E-state index is 0.542. The van der Waals surface area contributed by atoms with Crippen molar-refractivity contribution in [3.05, 3.63) is 36.0 Å². The average molecular weight is 297 g/mol. The van der Waals surface area contributed by atoms with Crippen LogP contribution in [0, 0.1) is 0 Å². The van der Waals surface area contributed by atoms with Crippen LogP contribution in [0.4, 0.5) is 17.5 Å². The number of rotatable bonds is 4. The number of piperidine rings is 1. The Morgan fingerprint density at radius 2 is 1.77 bits per heavy atom. The maximum atomic E-state index is 4.59. The second kappa shape index (κ2) is 6.73. The van der Waals surface area contributed by atoms with E-state index in [2.05, 4.69) is 63.5 Å². The van der Waals surface area contributed by atoms with Crippen LogP contribution in [0.2, 0.25) is 0 Å². The third kappa shape index (κ3) is 3.53. The van der Waals surface area contributed by atoms with E-state index in [9.17, 15) is 0 Å². The van der Waals surface area contributed by atoms with Gasteiger partial charge in [-0.1, -0.05) is 26.0 Å². The fraction of sp³-hybridized carbons (Fsp3) is 0.471. The molecule has 1 aliphatic rings. The number of benzene rings is 1. The van der Waals surface area contributed by atoms with Gasteiger partial charge in [0.1, 0.15) is 0 Å². The van der Waals surface area contributed by atoms with Crippen molar-refractivity contribution in [2.75, 3.05) is 23.3 Å². The summed E-state index contributed by atoms with van der Waals surface area (Å²) in [7, 11) is 0. The van der Waals surface area contributed by atoms with E-state index in [1.165, 1.54) is 24.8 Å². The fourth-order valence-electron chi connectivity index (χ4n) is 2.68. The Labute approximate surface area is 131 Å². The Bertz CT molecular complexity index is 603. The summed E-state index contributed by atoms with van der Waals surface area (Å²) in [6.45, 7) is 6.44. The van der Waals surface area contributed by atoms with Gasteiger partial charge in [0.05, 0.1) is 6.20 Å². The molecule has 0 aliphatic carbocycles. The van der Waals surface area contributed by atoms with Crippen molar-refractivity contribution in [3.63, 3.8) is 0 Å². The lowest BCUT2D eigenvalue weighted by Gasteiger charge is -2.26. The molecule has 5 heteroatoms. The number of hydrogen-bond donors (Lipinski definition) is 1. The molecular weight excluding hydrogens is 274 g/mol. The van der Waals surface area contributed by atoms with Gasteiger partial charge in [-0.2, -0.15) is 10.1 Å². The summed E-state index contributed by atoms with van der Waals surface area (Å²) in [6.07, 6.45) is 5.38. The van der Waals surface area contributed by atoms with Crippen molar-refractivity contribution in [1.29, 1.82) is 0 Å². The first-order chi connectivity index (χ1) is 10.7. The van der Waals surface area contributed by atoms with Crippen LogP contribution in [-0.4, -0.2) is 28.3 Å². The van der Waals surface area contributed by atoms with Gasteiger partial charge in [0.2, 0.25) is 5.95 Å². The molecule has 0 amide bonds.